The Morgan fingerprint density at radius 3 is 2.00 bits per heavy atom. The van der Waals surface area contributed by atoms with Gasteiger partial charge in [-0.1, -0.05) is 47.6 Å². The summed E-state index contributed by atoms with van der Waals surface area (Å²) in [7, 11) is 0. The fraction of sp³-hybridized carbons (Fsp3) is 0.688. The SMILES string of the molecule is CC.CC.CC.Cc1c2c(nc3c1CCC31CC1)CCC2.Cc1cc2c(nc1C1CC1)CCC2. The van der Waals surface area contributed by atoms with E-state index in [9.17, 15) is 0 Å². The van der Waals surface area contributed by atoms with Crippen LogP contribution in [0.25, 0.3) is 0 Å². The normalized spacial score (nSPS) is 19.1. The summed E-state index contributed by atoms with van der Waals surface area (Å²) in [4.78, 5) is 9.82. The van der Waals surface area contributed by atoms with Crippen molar-refractivity contribution in [1.29, 1.82) is 0 Å². The summed E-state index contributed by atoms with van der Waals surface area (Å²) in [5.41, 5.74) is 14.1. The number of aromatic nitrogens is 2. The van der Waals surface area contributed by atoms with Crippen molar-refractivity contribution in [3.63, 3.8) is 0 Å². The molecular weight excluding hydrogens is 412 g/mol. The van der Waals surface area contributed by atoms with Gasteiger partial charge in [0.15, 0.2) is 0 Å². The molecule has 34 heavy (non-hydrogen) atoms. The summed E-state index contributed by atoms with van der Waals surface area (Å²) in [5.74, 6) is 0.811. The molecule has 2 aromatic rings. The van der Waals surface area contributed by atoms with Crippen molar-refractivity contribution in [3.05, 3.63) is 56.7 Å². The minimum absolute atomic E-state index is 0.567. The van der Waals surface area contributed by atoms with Gasteiger partial charge in [0.25, 0.3) is 0 Å². The fourth-order valence-electron chi connectivity index (χ4n) is 6.06. The maximum Gasteiger partial charge on any atom is 0.0503 e. The number of nitrogens with zero attached hydrogens (tertiary/aromatic N) is 2. The molecule has 2 heterocycles. The average molecular weight is 463 g/mol. The molecule has 188 valence electrons. The van der Waals surface area contributed by atoms with Gasteiger partial charge < -0.3 is 0 Å². The van der Waals surface area contributed by atoms with Crippen LogP contribution in [0.4, 0.5) is 0 Å². The van der Waals surface area contributed by atoms with Crippen molar-refractivity contribution in [2.24, 2.45) is 0 Å². The number of pyridine rings is 2. The predicted molar refractivity (Wildman–Crippen MR) is 147 cm³/mol. The zero-order valence-electron chi connectivity index (χ0n) is 23.5. The van der Waals surface area contributed by atoms with Crippen LogP contribution < -0.4 is 0 Å². The Morgan fingerprint density at radius 2 is 1.35 bits per heavy atom. The van der Waals surface area contributed by atoms with Gasteiger partial charge in [0.1, 0.15) is 0 Å². The molecule has 1 spiro atoms. The van der Waals surface area contributed by atoms with Crippen molar-refractivity contribution in [3.8, 4) is 0 Å². The van der Waals surface area contributed by atoms with Crippen molar-refractivity contribution >= 4 is 0 Å². The summed E-state index contributed by atoms with van der Waals surface area (Å²) in [6.07, 6.45) is 15.9. The molecule has 0 aliphatic heterocycles. The third kappa shape index (κ3) is 5.26. The summed E-state index contributed by atoms with van der Waals surface area (Å²) in [6.45, 7) is 16.6. The van der Waals surface area contributed by atoms with Crippen molar-refractivity contribution in [2.45, 2.75) is 144 Å². The molecule has 2 heteroatoms. The van der Waals surface area contributed by atoms with Gasteiger partial charge >= 0.3 is 0 Å². The Hall–Kier alpha value is -1.70. The van der Waals surface area contributed by atoms with E-state index in [1.807, 2.05) is 41.5 Å². The van der Waals surface area contributed by atoms with E-state index < -0.39 is 0 Å². The first-order valence-electron chi connectivity index (χ1n) is 14.7. The molecule has 0 unspecified atom stereocenters. The van der Waals surface area contributed by atoms with Crippen LogP contribution in [0.15, 0.2) is 6.07 Å². The molecule has 0 atom stereocenters. The molecule has 0 radical (unpaired) electrons. The molecule has 0 aromatic carbocycles. The van der Waals surface area contributed by atoms with Gasteiger partial charge in [0, 0.05) is 28.4 Å². The van der Waals surface area contributed by atoms with E-state index in [0.717, 1.165) is 5.92 Å². The lowest BCUT2D eigenvalue weighted by Crippen LogP contribution is -2.07. The number of hydrogen-bond acceptors (Lipinski definition) is 2. The van der Waals surface area contributed by atoms with E-state index in [0.29, 0.717) is 5.41 Å². The average Bonchev–Trinajstić information content (AvgIpc) is 3.74. The van der Waals surface area contributed by atoms with Crippen LogP contribution in [0, 0.1) is 13.8 Å². The Kier molecular flexibility index (Phi) is 9.35. The molecule has 5 aliphatic carbocycles. The van der Waals surface area contributed by atoms with Crippen LogP contribution in [0.5, 0.6) is 0 Å². The van der Waals surface area contributed by atoms with E-state index in [1.54, 1.807) is 16.7 Å². The largest absolute Gasteiger partial charge is 0.257 e. The molecular formula is C32H50N2. The van der Waals surface area contributed by atoms with Gasteiger partial charge in [-0.2, -0.15) is 0 Å². The van der Waals surface area contributed by atoms with Crippen molar-refractivity contribution in [1.82, 2.24) is 9.97 Å². The summed E-state index contributed by atoms with van der Waals surface area (Å²) in [6, 6.07) is 2.38. The Labute approximate surface area is 210 Å². The van der Waals surface area contributed by atoms with Gasteiger partial charge in [-0.05, 0) is 119 Å². The van der Waals surface area contributed by atoms with E-state index in [2.05, 4.69) is 19.9 Å². The molecule has 2 fully saturated rings. The summed E-state index contributed by atoms with van der Waals surface area (Å²) >= 11 is 0. The maximum atomic E-state index is 5.01. The first-order valence-corrected chi connectivity index (χ1v) is 14.7. The van der Waals surface area contributed by atoms with Crippen LogP contribution >= 0.6 is 0 Å². The third-order valence-electron chi connectivity index (χ3n) is 8.08. The standard InChI is InChI=1S/C14H17N.C12H15N.3C2H6/c1-9-10-3-2-4-12(10)15-13-11(9)5-6-14(13)7-8-14;1-8-7-10-3-2-4-11(10)13-12(8)9-5-6-9;3*1-2/h2-8H2,1H3;7,9H,2-6H2,1H3;3*1-2H3. The third-order valence-corrected chi connectivity index (χ3v) is 8.08. The second-order valence-electron chi connectivity index (χ2n) is 10.0. The topological polar surface area (TPSA) is 25.8 Å². The zero-order valence-corrected chi connectivity index (χ0v) is 23.5. The van der Waals surface area contributed by atoms with Crippen LogP contribution in [-0.4, -0.2) is 9.97 Å². The monoisotopic (exact) mass is 462 g/mol. The Morgan fingerprint density at radius 1 is 0.706 bits per heavy atom. The fourth-order valence-corrected chi connectivity index (χ4v) is 6.06. The van der Waals surface area contributed by atoms with Gasteiger partial charge in [0.05, 0.1) is 5.69 Å². The lowest BCUT2D eigenvalue weighted by atomic mass is 9.99. The number of hydrogen-bond donors (Lipinski definition) is 0. The molecule has 0 bridgehead atoms. The quantitative estimate of drug-likeness (QED) is 0.423. The zero-order chi connectivity index (χ0) is 24.9. The predicted octanol–water partition coefficient (Wildman–Crippen LogP) is 8.69. The molecule has 0 amide bonds. The lowest BCUT2D eigenvalue weighted by Gasteiger charge is -2.12. The van der Waals surface area contributed by atoms with Crippen LogP contribution in [0.1, 0.15) is 143 Å². The van der Waals surface area contributed by atoms with Gasteiger partial charge in [-0.15, -0.1) is 0 Å². The molecule has 2 aromatic heterocycles. The molecule has 5 aliphatic rings. The highest BCUT2D eigenvalue weighted by Crippen LogP contribution is 2.57. The lowest BCUT2D eigenvalue weighted by molar-refractivity contribution is 0.661. The van der Waals surface area contributed by atoms with Crippen LogP contribution in [0.3, 0.4) is 0 Å². The second kappa shape index (κ2) is 11.8. The molecule has 2 saturated carbocycles. The minimum atomic E-state index is 0.567. The smallest absolute Gasteiger partial charge is 0.0503 e. The van der Waals surface area contributed by atoms with Crippen LogP contribution in [0.2, 0.25) is 0 Å². The minimum Gasteiger partial charge on any atom is -0.257 e. The molecule has 2 nitrogen and oxygen atoms in total. The first kappa shape index (κ1) is 26.9. The van der Waals surface area contributed by atoms with E-state index in [1.165, 1.54) is 111 Å². The number of aryl methyl sites for hydroxylation is 4. The van der Waals surface area contributed by atoms with E-state index in [4.69, 9.17) is 9.97 Å². The highest BCUT2D eigenvalue weighted by atomic mass is 14.8. The summed E-state index contributed by atoms with van der Waals surface area (Å²) in [5, 5.41) is 0. The van der Waals surface area contributed by atoms with Crippen molar-refractivity contribution in [2.75, 3.05) is 0 Å². The Balaban J connectivity index is 0.000000158. The van der Waals surface area contributed by atoms with Crippen LogP contribution in [-0.2, 0) is 37.5 Å². The molecule has 0 N–H and O–H groups in total. The molecule has 7 rings (SSSR count). The van der Waals surface area contributed by atoms with Gasteiger partial charge in [0.2, 0.25) is 0 Å². The maximum absolute atomic E-state index is 5.01. The highest BCUT2D eigenvalue weighted by molar-refractivity contribution is 5.49. The first-order chi connectivity index (χ1) is 16.6. The summed E-state index contributed by atoms with van der Waals surface area (Å²) < 4.78 is 0. The van der Waals surface area contributed by atoms with E-state index >= 15 is 0 Å². The van der Waals surface area contributed by atoms with Gasteiger partial charge in [-0.3, -0.25) is 9.97 Å². The number of rotatable bonds is 1. The van der Waals surface area contributed by atoms with E-state index in [-0.39, 0.29) is 0 Å². The number of fused-ring (bicyclic) bond motifs is 4. The second-order valence-corrected chi connectivity index (χ2v) is 10.0. The molecule has 0 saturated heterocycles. The highest BCUT2D eigenvalue weighted by Gasteiger charge is 2.50. The van der Waals surface area contributed by atoms with Crippen molar-refractivity contribution < 1.29 is 0 Å². The van der Waals surface area contributed by atoms with Gasteiger partial charge in [-0.25, -0.2) is 0 Å². The Bertz CT molecular complexity index is 964.